The Morgan fingerprint density at radius 2 is 1.81 bits per heavy atom. The van der Waals surface area contributed by atoms with E-state index in [1.54, 1.807) is 7.05 Å². The Hall–Kier alpha value is -1.55. The molecule has 0 bridgehead atoms. The fourth-order valence-corrected chi connectivity index (χ4v) is 2.18. The second kappa shape index (κ2) is 4.99. The SMILES string of the molecule is CN=C(NN)N1CCc2ccccc2CC1. The van der Waals surface area contributed by atoms with E-state index in [1.165, 1.54) is 11.1 Å². The highest BCUT2D eigenvalue weighted by Gasteiger charge is 2.15. The van der Waals surface area contributed by atoms with Crippen LogP contribution in [-0.4, -0.2) is 31.0 Å². The van der Waals surface area contributed by atoms with Gasteiger partial charge in [0.15, 0.2) is 0 Å². The van der Waals surface area contributed by atoms with E-state index in [0.717, 1.165) is 31.9 Å². The zero-order valence-electron chi connectivity index (χ0n) is 9.61. The fourth-order valence-electron chi connectivity index (χ4n) is 2.18. The number of guanidine groups is 1. The van der Waals surface area contributed by atoms with E-state index in [2.05, 4.69) is 39.6 Å². The van der Waals surface area contributed by atoms with Crippen molar-refractivity contribution in [2.75, 3.05) is 20.1 Å². The first-order valence-electron chi connectivity index (χ1n) is 5.60. The van der Waals surface area contributed by atoms with E-state index in [0.29, 0.717) is 0 Å². The monoisotopic (exact) mass is 218 g/mol. The Labute approximate surface area is 96.1 Å². The summed E-state index contributed by atoms with van der Waals surface area (Å²) in [5.74, 6) is 6.22. The van der Waals surface area contributed by atoms with Gasteiger partial charge in [-0.2, -0.15) is 0 Å². The summed E-state index contributed by atoms with van der Waals surface area (Å²) in [6.07, 6.45) is 2.10. The minimum atomic E-state index is 0.771. The first kappa shape index (κ1) is 11.0. The smallest absolute Gasteiger partial charge is 0.208 e. The molecule has 4 nitrogen and oxygen atoms in total. The van der Waals surface area contributed by atoms with Crippen LogP contribution in [0, 0.1) is 0 Å². The van der Waals surface area contributed by atoms with Gasteiger partial charge in [-0.1, -0.05) is 24.3 Å². The third-order valence-electron chi connectivity index (χ3n) is 3.06. The van der Waals surface area contributed by atoms with Crippen LogP contribution in [-0.2, 0) is 12.8 Å². The molecule has 3 N–H and O–H groups in total. The number of fused-ring (bicyclic) bond motifs is 1. The number of hydrogen-bond donors (Lipinski definition) is 2. The number of hydrogen-bond acceptors (Lipinski definition) is 2. The van der Waals surface area contributed by atoms with Crippen LogP contribution in [0.1, 0.15) is 11.1 Å². The molecular formula is C12H18N4. The Balaban J connectivity index is 2.13. The maximum Gasteiger partial charge on any atom is 0.208 e. The molecule has 4 heteroatoms. The van der Waals surface area contributed by atoms with Gasteiger partial charge in [0.2, 0.25) is 5.96 Å². The Kier molecular flexibility index (Phi) is 3.41. The van der Waals surface area contributed by atoms with Gasteiger partial charge in [0.05, 0.1) is 0 Å². The number of nitrogens with one attached hydrogen (secondary N) is 1. The highest BCUT2D eigenvalue weighted by Crippen LogP contribution is 2.15. The van der Waals surface area contributed by atoms with Crippen molar-refractivity contribution in [3.8, 4) is 0 Å². The van der Waals surface area contributed by atoms with Crippen LogP contribution in [0.15, 0.2) is 29.3 Å². The number of aliphatic imine (C=N–C) groups is 1. The maximum atomic E-state index is 5.45. The summed E-state index contributed by atoms with van der Waals surface area (Å²) >= 11 is 0. The fraction of sp³-hybridized carbons (Fsp3) is 0.417. The molecule has 0 radical (unpaired) electrons. The van der Waals surface area contributed by atoms with Crippen molar-refractivity contribution in [1.29, 1.82) is 0 Å². The lowest BCUT2D eigenvalue weighted by atomic mass is 10.0. The molecule has 0 spiro atoms. The van der Waals surface area contributed by atoms with Gasteiger partial charge in [-0.05, 0) is 24.0 Å². The molecular weight excluding hydrogens is 200 g/mol. The second-order valence-corrected chi connectivity index (χ2v) is 3.95. The summed E-state index contributed by atoms with van der Waals surface area (Å²) in [6.45, 7) is 1.93. The number of hydrazine groups is 1. The lowest BCUT2D eigenvalue weighted by Crippen LogP contribution is -2.45. The van der Waals surface area contributed by atoms with Crippen LogP contribution in [0.25, 0.3) is 0 Å². The molecule has 0 saturated heterocycles. The van der Waals surface area contributed by atoms with E-state index in [-0.39, 0.29) is 0 Å². The molecule has 0 fully saturated rings. The van der Waals surface area contributed by atoms with Crippen molar-refractivity contribution >= 4 is 5.96 Å². The summed E-state index contributed by atoms with van der Waals surface area (Å²) < 4.78 is 0. The predicted molar refractivity (Wildman–Crippen MR) is 66.1 cm³/mol. The zero-order valence-corrected chi connectivity index (χ0v) is 9.61. The van der Waals surface area contributed by atoms with E-state index < -0.39 is 0 Å². The molecule has 0 saturated carbocycles. The van der Waals surface area contributed by atoms with Crippen LogP contribution in [0.4, 0.5) is 0 Å². The Bertz CT molecular complexity index is 359. The van der Waals surface area contributed by atoms with Gasteiger partial charge in [0.25, 0.3) is 0 Å². The van der Waals surface area contributed by atoms with Crippen LogP contribution in [0.3, 0.4) is 0 Å². The average molecular weight is 218 g/mol. The van der Waals surface area contributed by atoms with Crippen LogP contribution >= 0.6 is 0 Å². The number of benzene rings is 1. The standard InChI is InChI=1S/C12H18N4/c1-14-12(15-13)16-8-6-10-4-2-3-5-11(10)7-9-16/h2-5H,6-9,13H2,1H3,(H,14,15). The van der Waals surface area contributed by atoms with Gasteiger partial charge < -0.3 is 4.90 Å². The highest BCUT2D eigenvalue weighted by atomic mass is 15.4. The van der Waals surface area contributed by atoms with Crippen LogP contribution in [0.5, 0.6) is 0 Å². The van der Waals surface area contributed by atoms with Gasteiger partial charge in [-0.25, -0.2) is 5.84 Å². The van der Waals surface area contributed by atoms with Crippen molar-refractivity contribution in [3.63, 3.8) is 0 Å². The number of nitrogens with two attached hydrogens (primary N) is 1. The average Bonchev–Trinajstić information content (AvgIpc) is 2.54. The molecule has 1 aromatic rings. The molecule has 1 aliphatic rings. The van der Waals surface area contributed by atoms with Crippen molar-refractivity contribution in [3.05, 3.63) is 35.4 Å². The highest BCUT2D eigenvalue weighted by molar-refractivity contribution is 5.79. The van der Waals surface area contributed by atoms with Gasteiger partial charge >= 0.3 is 0 Å². The number of rotatable bonds is 0. The van der Waals surface area contributed by atoms with Crippen molar-refractivity contribution < 1.29 is 0 Å². The predicted octanol–water partition coefficient (Wildman–Crippen LogP) is 0.536. The van der Waals surface area contributed by atoms with Crippen LogP contribution < -0.4 is 11.3 Å². The van der Waals surface area contributed by atoms with E-state index in [4.69, 9.17) is 5.84 Å². The third kappa shape index (κ3) is 2.17. The van der Waals surface area contributed by atoms with Crippen molar-refractivity contribution in [2.45, 2.75) is 12.8 Å². The second-order valence-electron chi connectivity index (χ2n) is 3.95. The molecule has 1 heterocycles. The van der Waals surface area contributed by atoms with Gasteiger partial charge in [-0.15, -0.1) is 0 Å². The lowest BCUT2D eigenvalue weighted by molar-refractivity contribution is 0.422. The largest absolute Gasteiger partial charge is 0.341 e. The molecule has 0 aromatic heterocycles. The Morgan fingerprint density at radius 1 is 1.25 bits per heavy atom. The van der Waals surface area contributed by atoms with E-state index in [9.17, 15) is 0 Å². The minimum absolute atomic E-state index is 0.771. The molecule has 16 heavy (non-hydrogen) atoms. The quantitative estimate of drug-likeness (QED) is 0.289. The topological polar surface area (TPSA) is 53.6 Å². The van der Waals surface area contributed by atoms with Crippen LogP contribution in [0.2, 0.25) is 0 Å². The maximum absolute atomic E-state index is 5.45. The Morgan fingerprint density at radius 3 is 2.25 bits per heavy atom. The lowest BCUT2D eigenvalue weighted by Gasteiger charge is -2.22. The van der Waals surface area contributed by atoms with Crippen molar-refractivity contribution in [1.82, 2.24) is 10.3 Å². The molecule has 0 unspecified atom stereocenters. The van der Waals surface area contributed by atoms with E-state index >= 15 is 0 Å². The minimum Gasteiger partial charge on any atom is -0.341 e. The summed E-state index contributed by atoms with van der Waals surface area (Å²) in [5.41, 5.74) is 5.54. The molecule has 0 aliphatic carbocycles. The summed E-state index contributed by atoms with van der Waals surface area (Å²) in [5, 5.41) is 0. The summed E-state index contributed by atoms with van der Waals surface area (Å²) in [6, 6.07) is 8.62. The third-order valence-corrected chi connectivity index (χ3v) is 3.06. The zero-order chi connectivity index (χ0) is 11.4. The molecule has 1 aromatic carbocycles. The first-order chi connectivity index (χ1) is 7.85. The van der Waals surface area contributed by atoms with E-state index in [1.807, 2.05) is 0 Å². The summed E-state index contributed by atoms with van der Waals surface area (Å²) in [7, 11) is 1.76. The normalized spacial score (nSPS) is 16.6. The first-order valence-corrected chi connectivity index (χ1v) is 5.60. The molecule has 2 rings (SSSR count). The van der Waals surface area contributed by atoms with Crippen molar-refractivity contribution in [2.24, 2.45) is 10.8 Å². The summed E-state index contributed by atoms with van der Waals surface area (Å²) in [4.78, 5) is 6.34. The van der Waals surface area contributed by atoms with Gasteiger partial charge in [0.1, 0.15) is 0 Å². The number of nitrogens with zero attached hydrogens (tertiary/aromatic N) is 2. The van der Waals surface area contributed by atoms with Gasteiger partial charge in [-0.3, -0.25) is 10.4 Å². The van der Waals surface area contributed by atoms with Gasteiger partial charge in [0, 0.05) is 20.1 Å². The molecule has 86 valence electrons. The molecule has 0 atom stereocenters. The molecule has 0 amide bonds. The molecule has 1 aliphatic heterocycles.